The molecule has 0 saturated carbocycles. The summed E-state index contributed by atoms with van der Waals surface area (Å²) in [5, 5.41) is 2.73. The van der Waals surface area contributed by atoms with E-state index in [1.807, 2.05) is 20.8 Å². The highest BCUT2D eigenvalue weighted by Gasteiger charge is 2.15. The van der Waals surface area contributed by atoms with E-state index in [1.165, 1.54) is 0 Å². The largest absolute Gasteiger partial charge is 0.444 e. The molecule has 3 heteroatoms. The van der Waals surface area contributed by atoms with Gasteiger partial charge >= 0.3 is 6.09 Å². The minimum atomic E-state index is -0.403. The van der Waals surface area contributed by atoms with Crippen molar-refractivity contribution in [1.29, 1.82) is 0 Å². The minimum absolute atomic E-state index is 0. The van der Waals surface area contributed by atoms with Gasteiger partial charge in [0.05, 0.1) is 0 Å². The molecule has 0 aromatic carbocycles. The monoisotopic (exact) mass is 203 g/mol. The van der Waals surface area contributed by atoms with Crippen LogP contribution in [0.5, 0.6) is 0 Å². The summed E-state index contributed by atoms with van der Waals surface area (Å²) in [5.74, 6) is 0.507. The van der Waals surface area contributed by atoms with E-state index in [0.717, 1.165) is 6.42 Å². The average Bonchev–Trinajstić information content (AvgIpc) is 1.97. The number of hydrogen-bond donors (Lipinski definition) is 1. The van der Waals surface area contributed by atoms with Gasteiger partial charge in [-0.3, -0.25) is 0 Å². The summed E-state index contributed by atoms with van der Waals surface area (Å²) in [6, 6.07) is 0. The standard InChI is InChI=1S/C10H21NO2.CH4/c1-6-8(2)7-11-9(12)13-10(3,4)5;/h8H,6-7H2,1-5H3,(H,11,12);1H4. The van der Waals surface area contributed by atoms with Gasteiger partial charge in [0.2, 0.25) is 0 Å². The van der Waals surface area contributed by atoms with Gasteiger partial charge in [-0.15, -0.1) is 0 Å². The smallest absolute Gasteiger partial charge is 0.407 e. The molecule has 1 unspecified atom stereocenters. The summed E-state index contributed by atoms with van der Waals surface area (Å²) in [4.78, 5) is 11.1. The number of alkyl carbamates (subject to hydrolysis) is 1. The van der Waals surface area contributed by atoms with Gasteiger partial charge in [-0.1, -0.05) is 27.7 Å². The number of rotatable bonds is 3. The third-order valence-corrected chi connectivity index (χ3v) is 1.69. The third kappa shape index (κ3) is 9.36. The summed E-state index contributed by atoms with van der Waals surface area (Å²) in [6.07, 6.45) is 0.739. The molecule has 1 amide bonds. The number of ether oxygens (including phenoxy) is 1. The first-order chi connectivity index (χ1) is 5.85. The topological polar surface area (TPSA) is 38.3 Å². The maximum Gasteiger partial charge on any atom is 0.407 e. The maximum absolute atomic E-state index is 11.1. The van der Waals surface area contributed by atoms with Crippen molar-refractivity contribution >= 4 is 6.09 Å². The Hall–Kier alpha value is -0.730. The average molecular weight is 203 g/mol. The lowest BCUT2D eigenvalue weighted by atomic mass is 10.1. The molecule has 0 aromatic heterocycles. The van der Waals surface area contributed by atoms with E-state index in [4.69, 9.17) is 4.74 Å². The lowest BCUT2D eigenvalue weighted by Gasteiger charge is -2.20. The Morgan fingerprint density at radius 3 is 2.29 bits per heavy atom. The highest BCUT2D eigenvalue weighted by molar-refractivity contribution is 5.67. The Morgan fingerprint density at radius 1 is 1.43 bits per heavy atom. The van der Waals surface area contributed by atoms with E-state index < -0.39 is 5.60 Å². The van der Waals surface area contributed by atoms with Crippen molar-refractivity contribution in [2.24, 2.45) is 5.92 Å². The Labute approximate surface area is 88.2 Å². The van der Waals surface area contributed by atoms with Gasteiger partial charge in [0.15, 0.2) is 0 Å². The van der Waals surface area contributed by atoms with E-state index >= 15 is 0 Å². The molecule has 0 aliphatic carbocycles. The quantitative estimate of drug-likeness (QED) is 0.765. The van der Waals surface area contributed by atoms with E-state index in [9.17, 15) is 4.79 Å². The fourth-order valence-electron chi connectivity index (χ4n) is 0.716. The highest BCUT2D eigenvalue weighted by Crippen LogP contribution is 2.06. The Morgan fingerprint density at radius 2 is 1.93 bits per heavy atom. The lowest BCUT2D eigenvalue weighted by molar-refractivity contribution is 0.0520. The molecule has 0 rings (SSSR count). The SMILES string of the molecule is C.CCC(C)CNC(=O)OC(C)(C)C. The van der Waals surface area contributed by atoms with E-state index in [0.29, 0.717) is 12.5 Å². The molecule has 3 nitrogen and oxygen atoms in total. The number of nitrogens with one attached hydrogen (secondary N) is 1. The van der Waals surface area contributed by atoms with Crippen LogP contribution in [0.3, 0.4) is 0 Å². The van der Waals surface area contributed by atoms with Crippen LogP contribution in [0.25, 0.3) is 0 Å². The van der Waals surface area contributed by atoms with Crippen molar-refractivity contribution in [1.82, 2.24) is 5.32 Å². The molecule has 86 valence electrons. The summed E-state index contributed by atoms with van der Waals surface area (Å²) in [7, 11) is 0. The Balaban J connectivity index is 0. The van der Waals surface area contributed by atoms with Gasteiger partial charge in [0.1, 0.15) is 5.60 Å². The number of hydrogen-bond acceptors (Lipinski definition) is 2. The minimum Gasteiger partial charge on any atom is -0.444 e. The van der Waals surface area contributed by atoms with Crippen molar-refractivity contribution in [2.75, 3.05) is 6.54 Å². The van der Waals surface area contributed by atoms with Crippen LogP contribution in [0.15, 0.2) is 0 Å². The highest BCUT2D eigenvalue weighted by atomic mass is 16.6. The molecule has 0 heterocycles. The first-order valence-electron chi connectivity index (χ1n) is 4.82. The van der Waals surface area contributed by atoms with Gasteiger partial charge < -0.3 is 10.1 Å². The van der Waals surface area contributed by atoms with Gasteiger partial charge in [-0.05, 0) is 26.7 Å². The predicted molar refractivity (Wildman–Crippen MR) is 60.4 cm³/mol. The fourth-order valence-corrected chi connectivity index (χ4v) is 0.716. The molecule has 0 bridgehead atoms. The number of carbonyl (C=O) groups is 1. The van der Waals surface area contributed by atoms with Crippen molar-refractivity contribution in [3.63, 3.8) is 0 Å². The Bertz CT molecular complexity index is 161. The van der Waals surface area contributed by atoms with E-state index in [1.54, 1.807) is 0 Å². The molecule has 0 aliphatic heterocycles. The Kier molecular flexibility index (Phi) is 7.51. The van der Waals surface area contributed by atoms with Gasteiger partial charge in [-0.25, -0.2) is 4.79 Å². The van der Waals surface area contributed by atoms with E-state index in [2.05, 4.69) is 19.2 Å². The number of amides is 1. The van der Waals surface area contributed by atoms with Crippen molar-refractivity contribution in [2.45, 2.75) is 54.1 Å². The lowest BCUT2D eigenvalue weighted by Crippen LogP contribution is -2.34. The molecule has 1 atom stereocenters. The van der Waals surface area contributed by atoms with Crippen LogP contribution in [0.4, 0.5) is 4.79 Å². The second kappa shape index (κ2) is 6.68. The zero-order valence-corrected chi connectivity index (χ0v) is 9.31. The van der Waals surface area contributed by atoms with Crippen LogP contribution in [0.1, 0.15) is 48.5 Å². The molecule has 0 radical (unpaired) electrons. The normalized spacial score (nSPS) is 12.6. The second-order valence-electron chi connectivity index (χ2n) is 4.40. The van der Waals surface area contributed by atoms with Gasteiger partial charge in [-0.2, -0.15) is 0 Å². The molecule has 0 fully saturated rings. The summed E-state index contributed by atoms with van der Waals surface area (Å²) >= 11 is 0. The fraction of sp³-hybridized carbons (Fsp3) is 0.909. The van der Waals surface area contributed by atoms with Crippen LogP contribution in [0.2, 0.25) is 0 Å². The summed E-state index contributed by atoms with van der Waals surface area (Å²) in [5.41, 5.74) is -0.403. The van der Waals surface area contributed by atoms with Gasteiger partial charge in [0, 0.05) is 6.54 Å². The zero-order chi connectivity index (χ0) is 10.5. The van der Waals surface area contributed by atoms with Crippen LogP contribution in [-0.4, -0.2) is 18.2 Å². The molecule has 0 aliphatic rings. The molecule has 1 N–H and O–H groups in total. The molecule has 0 aromatic rings. The first kappa shape index (κ1) is 15.7. The van der Waals surface area contributed by atoms with Crippen LogP contribution in [-0.2, 0) is 4.74 Å². The zero-order valence-electron chi connectivity index (χ0n) is 9.31. The first-order valence-corrected chi connectivity index (χ1v) is 4.82. The van der Waals surface area contributed by atoms with Gasteiger partial charge in [0.25, 0.3) is 0 Å². The molecule has 14 heavy (non-hydrogen) atoms. The molecular weight excluding hydrogens is 178 g/mol. The summed E-state index contributed by atoms with van der Waals surface area (Å²) < 4.78 is 5.08. The third-order valence-electron chi connectivity index (χ3n) is 1.69. The van der Waals surface area contributed by atoms with Crippen molar-refractivity contribution in [3.8, 4) is 0 Å². The van der Waals surface area contributed by atoms with Crippen molar-refractivity contribution < 1.29 is 9.53 Å². The maximum atomic E-state index is 11.1. The summed E-state index contributed by atoms with van der Waals surface area (Å²) in [6.45, 7) is 10.5. The predicted octanol–water partition coefficient (Wildman–Crippen LogP) is 3.19. The molecular formula is C11H25NO2. The molecule has 0 spiro atoms. The second-order valence-corrected chi connectivity index (χ2v) is 4.40. The van der Waals surface area contributed by atoms with Crippen molar-refractivity contribution in [3.05, 3.63) is 0 Å². The van der Waals surface area contributed by atoms with E-state index in [-0.39, 0.29) is 13.5 Å². The van der Waals surface area contributed by atoms with Crippen LogP contribution < -0.4 is 5.32 Å². The van der Waals surface area contributed by atoms with Crippen LogP contribution in [0, 0.1) is 5.92 Å². The molecule has 0 saturated heterocycles. The number of carbonyl (C=O) groups excluding carboxylic acids is 1. The van der Waals surface area contributed by atoms with Crippen LogP contribution >= 0.6 is 0 Å².